The molecule has 0 saturated carbocycles. The fourth-order valence-corrected chi connectivity index (χ4v) is 4.17. The molecule has 0 aliphatic carbocycles. The number of thiazole rings is 1. The summed E-state index contributed by atoms with van der Waals surface area (Å²) in [5, 5.41) is 3.41. The van der Waals surface area contributed by atoms with E-state index in [1.807, 2.05) is 13.0 Å². The standard InChI is InChI=1S/C21H35NOSSi/c1-10-11-16(2)12-13-20(23-25(8,9)21(5,6)7)17(3)14-19-15-24-18(4)22-19/h10,12,14-15,20H,1,11,13H2,2-9H3/b16-12+,17-14+/t20-/m0/s1. The van der Waals surface area contributed by atoms with E-state index in [0.29, 0.717) is 0 Å². The van der Waals surface area contributed by atoms with Gasteiger partial charge >= 0.3 is 0 Å². The van der Waals surface area contributed by atoms with E-state index < -0.39 is 8.32 Å². The average molecular weight is 378 g/mol. The Balaban J connectivity index is 3.07. The highest BCUT2D eigenvalue weighted by atomic mass is 32.1. The maximum atomic E-state index is 6.75. The van der Waals surface area contributed by atoms with Crippen LogP contribution in [0.2, 0.25) is 18.1 Å². The van der Waals surface area contributed by atoms with E-state index in [0.717, 1.165) is 23.5 Å². The lowest BCUT2D eigenvalue weighted by molar-refractivity contribution is 0.217. The molecule has 2 nitrogen and oxygen atoms in total. The summed E-state index contributed by atoms with van der Waals surface area (Å²) >= 11 is 1.69. The van der Waals surface area contributed by atoms with Crippen LogP contribution in [0.5, 0.6) is 0 Å². The van der Waals surface area contributed by atoms with Crippen molar-refractivity contribution in [2.24, 2.45) is 0 Å². The smallest absolute Gasteiger partial charge is 0.192 e. The molecule has 0 aromatic carbocycles. The maximum absolute atomic E-state index is 6.75. The number of hydrogen-bond acceptors (Lipinski definition) is 3. The summed E-state index contributed by atoms with van der Waals surface area (Å²) in [4.78, 5) is 4.57. The van der Waals surface area contributed by atoms with Crippen molar-refractivity contribution >= 4 is 25.7 Å². The molecule has 1 aromatic rings. The van der Waals surface area contributed by atoms with Gasteiger partial charge in [-0.25, -0.2) is 4.98 Å². The van der Waals surface area contributed by atoms with Gasteiger partial charge in [0.05, 0.1) is 16.8 Å². The number of aromatic nitrogens is 1. The van der Waals surface area contributed by atoms with Crippen LogP contribution in [0, 0.1) is 6.92 Å². The Kier molecular flexibility index (Phi) is 8.04. The fraction of sp³-hybridized carbons (Fsp3) is 0.571. The molecule has 4 heteroatoms. The van der Waals surface area contributed by atoms with Crippen LogP contribution in [0.3, 0.4) is 0 Å². The van der Waals surface area contributed by atoms with Gasteiger partial charge in [0.25, 0.3) is 0 Å². The third kappa shape index (κ3) is 7.04. The first kappa shape index (κ1) is 22.1. The van der Waals surface area contributed by atoms with E-state index in [2.05, 4.69) is 76.8 Å². The first-order valence-electron chi connectivity index (χ1n) is 9.01. The van der Waals surface area contributed by atoms with E-state index in [-0.39, 0.29) is 11.1 Å². The van der Waals surface area contributed by atoms with E-state index in [4.69, 9.17) is 4.43 Å². The van der Waals surface area contributed by atoms with Gasteiger partial charge in [0, 0.05) is 5.38 Å². The monoisotopic (exact) mass is 377 g/mol. The van der Waals surface area contributed by atoms with Gasteiger partial charge in [-0.2, -0.15) is 0 Å². The minimum absolute atomic E-state index is 0.0997. The molecule has 0 aliphatic rings. The van der Waals surface area contributed by atoms with Crippen LogP contribution in [0.1, 0.15) is 58.2 Å². The van der Waals surface area contributed by atoms with Gasteiger partial charge in [-0.3, -0.25) is 0 Å². The highest BCUT2D eigenvalue weighted by Crippen LogP contribution is 2.38. The van der Waals surface area contributed by atoms with Crippen molar-refractivity contribution in [1.82, 2.24) is 4.98 Å². The van der Waals surface area contributed by atoms with Crippen LogP contribution in [0.4, 0.5) is 0 Å². The molecule has 0 amide bonds. The largest absolute Gasteiger partial charge is 0.410 e. The summed E-state index contributed by atoms with van der Waals surface area (Å²) in [7, 11) is -1.84. The van der Waals surface area contributed by atoms with Crippen LogP contribution in [-0.4, -0.2) is 19.4 Å². The van der Waals surface area contributed by atoms with Gasteiger partial charge in [0.1, 0.15) is 0 Å². The molecule has 0 unspecified atom stereocenters. The second-order valence-electron chi connectivity index (χ2n) is 8.33. The molecule has 0 aliphatic heterocycles. The van der Waals surface area contributed by atoms with Crippen molar-refractivity contribution in [2.45, 2.75) is 78.6 Å². The molecule has 1 aromatic heterocycles. The molecule has 0 saturated heterocycles. The average Bonchev–Trinajstić information content (AvgIpc) is 2.87. The van der Waals surface area contributed by atoms with E-state index in [1.54, 1.807) is 11.3 Å². The molecule has 0 radical (unpaired) electrons. The van der Waals surface area contributed by atoms with Gasteiger partial charge in [-0.05, 0) is 63.4 Å². The molecule has 0 spiro atoms. The van der Waals surface area contributed by atoms with Crippen molar-refractivity contribution in [2.75, 3.05) is 0 Å². The zero-order valence-corrected chi connectivity index (χ0v) is 19.1. The van der Waals surface area contributed by atoms with E-state index in [1.165, 1.54) is 11.1 Å². The van der Waals surface area contributed by atoms with Crippen molar-refractivity contribution in [3.8, 4) is 0 Å². The van der Waals surface area contributed by atoms with Crippen LogP contribution in [0.25, 0.3) is 6.08 Å². The maximum Gasteiger partial charge on any atom is 0.192 e. The van der Waals surface area contributed by atoms with Gasteiger partial charge in [0.15, 0.2) is 8.32 Å². The molecule has 0 fully saturated rings. The van der Waals surface area contributed by atoms with Crippen molar-refractivity contribution in [1.29, 1.82) is 0 Å². The Morgan fingerprint density at radius 1 is 1.36 bits per heavy atom. The minimum Gasteiger partial charge on any atom is -0.410 e. The molecule has 1 rings (SSSR count). The van der Waals surface area contributed by atoms with Gasteiger partial charge in [0.2, 0.25) is 0 Å². The number of hydrogen-bond donors (Lipinski definition) is 0. The molecule has 25 heavy (non-hydrogen) atoms. The molecular weight excluding hydrogens is 342 g/mol. The summed E-state index contributed by atoms with van der Waals surface area (Å²) in [6, 6.07) is 0. The summed E-state index contributed by atoms with van der Waals surface area (Å²) < 4.78 is 6.75. The normalized spacial score (nSPS) is 15.4. The van der Waals surface area contributed by atoms with E-state index >= 15 is 0 Å². The van der Waals surface area contributed by atoms with Gasteiger partial charge < -0.3 is 4.43 Å². The summed E-state index contributed by atoms with van der Waals surface area (Å²) in [6.45, 7) is 21.7. The third-order valence-corrected chi connectivity index (χ3v) is 10.2. The minimum atomic E-state index is -1.84. The summed E-state index contributed by atoms with van der Waals surface area (Å²) in [5.74, 6) is 0. The molecule has 140 valence electrons. The molecule has 1 heterocycles. The first-order valence-corrected chi connectivity index (χ1v) is 12.8. The Morgan fingerprint density at radius 3 is 2.48 bits per heavy atom. The predicted octanol–water partition coefficient (Wildman–Crippen LogP) is 7.16. The molecule has 0 bridgehead atoms. The van der Waals surface area contributed by atoms with Crippen molar-refractivity contribution in [3.63, 3.8) is 0 Å². The number of rotatable bonds is 8. The molecule has 1 atom stereocenters. The zero-order valence-electron chi connectivity index (χ0n) is 17.3. The van der Waals surface area contributed by atoms with Crippen LogP contribution in [-0.2, 0) is 4.43 Å². The van der Waals surface area contributed by atoms with Gasteiger partial charge in [-0.15, -0.1) is 17.9 Å². The topological polar surface area (TPSA) is 22.1 Å². The highest BCUT2D eigenvalue weighted by Gasteiger charge is 2.39. The number of aryl methyl sites for hydroxylation is 1. The van der Waals surface area contributed by atoms with Crippen molar-refractivity contribution < 1.29 is 4.43 Å². The SMILES string of the molecule is C=CC/C(C)=C/C[C@H](O[Si](C)(C)C(C)(C)C)/C(C)=C/c1csc(C)n1. The Labute approximate surface area is 159 Å². The Hall–Kier alpha value is -0.973. The van der Waals surface area contributed by atoms with Crippen molar-refractivity contribution in [3.05, 3.63) is 46.0 Å². The van der Waals surface area contributed by atoms with Crippen LogP contribution < -0.4 is 0 Å². The predicted molar refractivity (Wildman–Crippen MR) is 116 cm³/mol. The Morgan fingerprint density at radius 2 is 2.00 bits per heavy atom. The lowest BCUT2D eigenvalue weighted by Gasteiger charge is -2.39. The lowest BCUT2D eigenvalue weighted by Crippen LogP contribution is -2.44. The quantitative estimate of drug-likeness (QED) is 0.354. The Bertz CT molecular complexity index is 635. The highest BCUT2D eigenvalue weighted by molar-refractivity contribution is 7.09. The summed E-state index contributed by atoms with van der Waals surface area (Å²) in [5.41, 5.74) is 3.63. The first-order chi connectivity index (χ1) is 11.5. The molecular formula is C21H35NOSSi. The second kappa shape index (κ2) is 9.11. The van der Waals surface area contributed by atoms with Crippen LogP contribution >= 0.6 is 11.3 Å². The molecule has 0 N–H and O–H groups in total. The number of allylic oxidation sites excluding steroid dienone is 2. The third-order valence-electron chi connectivity index (χ3n) is 4.91. The fourth-order valence-electron chi connectivity index (χ4n) is 2.25. The van der Waals surface area contributed by atoms with E-state index in [9.17, 15) is 0 Å². The summed E-state index contributed by atoms with van der Waals surface area (Å²) in [6.07, 6.45) is 8.36. The van der Waals surface area contributed by atoms with Crippen LogP contribution in [0.15, 0.2) is 35.3 Å². The van der Waals surface area contributed by atoms with Gasteiger partial charge in [-0.1, -0.05) is 38.5 Å². The number of nitrogens with zero attached hydrogens (tertiary/aromatic N) is 1. The zero-order chi connectivity index (χ0) is 19.3. The lowest BCUT2D eigenvalue weighted by atomic mass is 10.0. The second-order valence-corrected chi connectivity index (χ2v) is 14.1.